The van der Waals surface area contributed by atoms with Crippen molar-refractivity contribution < 1.29 is 4.79 Å². The van der Waals surface area contributed by atoms with Crippen molar-refractivity contribution in [3.63, 3.8) is 0 Å². The SMILES string of the molecule is Cc1ccc([C@H]2CC(=O)C3=C(C2)Nc2ncnn2[C@H]3c2cccnc2)cc1. The predicted octanol–water partition coefficient (Wildman–Crippen LogP) is 3.40. The van der Waals surface area contributed by atoms with Crippen LogP contribution in [-0.4, -0.2) is 25.5 Å². The number of nitrogens with one attached hydrogen (secondary N) is 1. The van der Waals surface area contributed by atoms with E-state index in [9.17, 15) is 4.79 Å². The largest absolute Gasteiger partial charge is 0.328 e. The van der Waals surface area contributed by atoms with Gasteiger partial charge < -0.3 is 5.32 Å². The van der Waals surface area contributed by atoms with Gasteiger partial charge in [-0.15, -0.1) is 0 Å². The quantitative estimate of drug-likeness (QED) is 0.761. The Bertz CT molecular complexity index is 1040. The number of carbonyl (C=O) groups excluding carboxylic acids is 1. The fraction of sp³-hybridized carbons (Fsp3) is 0.238. The van der Waals surface area contributed by atoms with Gasteiger partial charge in [0.2, 0.25) is 5.95 Å². The summed E-state index contributed by atoms with van der Waals surface area (Å²) in [5, 5.41) is 7.70. The third-order valence-electron chi connectivity index (χ3n) is 5.41. The number of hydrogen-bond acceptors (Lipinski definition) is 5. The Hall–Kier alpha value is -3.28. The Balaban J connectivity index is 1.58. The number of Topliss-reactive ketones (excluding diaryl/α,β-unsaturated/α-hetero) is 1. The topological polar surface area (TPSA) is 72.7 Å². The van der Waals surface area contributed by atoms with Crippen LogP contribution in [-0.2, 0) is 4.79 Å². The van der Waals surface area contributed by atoms with E-state index >= 15 is 0 Å². The maximum atomic E-state index is 13.2. The summed E-state index contributed by atoms with van der Waals surface area (Å²) in [5.74, 6) is 0.998. The number of aryl methyl sites for hydroxylation is 1. The maximum Gasteiger partial charge on any atom is 0.226 e. The van der Waals surface area contributed by atoms with Gasteiger partial charge >= 0.3 is 0 Å². The molecule has 1 aliphatic heterocycles. The number of benzene rings is 1. The molecule has 2 atom stereocenters. The summed E-state index contributed by atoms with van der Waals surface area (Å²) < 4.78 is 1.78. The zero-order valence-corrected chi connectivity index (χ0v) is 15.0. The van der Waals surface area contributed by atoms with E-state index in [1.54, 1.807) is 17.1 Å². The molecule has 0 bridgehead atoms. The Morgan fingerprint density at radius 2 is 1.96 bits per heavy atom. The Labute approximate surface area is 157 Å². The van der Waals surface area contributed by atoms with Gasteiger partial charge in [-0.25, -0.2) is 4.68 Å². The molecule has 2 aliphatic rings. The number of anilines is 1. The van der Waals surface area contributed by atoms with Gasteiger partial charge in [-0.3, -0.25) is 9.78 Å². The van der Waals surface area contributed by atoms with Crippen molar-refractivity contribution in [3.05, 3.63) is 83.1 Å². The molecule has 0 amide bonds. The summed E-state index contributed by atoms with van der Waals surface area (Å²) in [5.41, 5.74) is 5.10. The summed E-state index contributed by atoms with van der Waals surface area (Å²) in [6.07, 6.45) is 6.34. The highest BCUT2D eigenvalue weighted by atomic mass is 16.1. The monoisotopic (exact) mass is 357 g/mol. The normalized spacial score (nSPS) is 21.4. The van der Waals surface area contributed by atoms with Crippen molar-refractivity contribution in [2.75, 3.05) is 5.32 Å². The van der Waals surface area contributed by atoms with E-state index in [0.717, 1.165) is 23.3 Å². The second kappa shape index (κ2) is 6.16. The number of ketones is 1. The number of hydrogen-bond donors (Lipinski definition) is 1. The van der Waals surface area contributed by atoms with Gasteiger partial charge in [-0.05, 0) is 36.5 Å². The molecule has 0 saturated carbocycles. The summed E-state index contributed by atoms with van der Waals surface area (Å²) in [6, 6.07) is 12.1. The molecule has 1 N–H and O–H groups in total. The predicted molar refractivity (Wildman–Crippen MR) is 101 cm³/mol. The molecular formula is C21H19N5O. The molecule has 5 rings (SSSR count). The molecule has 0 unspecified atom stereocenters. The Morgan fingerprint density at radius 1 is 1.11 bits per heavy atom. The van der Waals surface area contributed by atoms with Crippen LogP contribution in [0.4, 0.5) is 5.95 Å². The molecular weight excluding hydrogens is 338 g/mol. The summed E-state index contributed by atoms with van der Waals surface area (Å²) in [4.78, 5) is 21.8. The van der Waals surface area contributed by atoms with Crippen LogP contribution >= 0.6 is 0 Å². The van der Waals surface area contributed by atoms with Crippen LogP contribution < -0.4 is 5.32 Å². The molecule has 1 aliphatic carbocycles. The van der Waals surface area contributed by atoms with Gasteiger partial charge in [0, 0.05) is 30.1 Å². The number of allylic oxidation sites excluding steroid dienone is 2. The smallest absolute Gasteiger partial charge is 0.226 e. The van der Waals surface area contributed by atoms with Crippen molar-refractivity contribution >= 4 is 11.7 Å². The number of aromatic nitrogens is 4. The zero-order valence-electron chi connectivity index (χ0n) is 15.0. The third-order valence-corrected chi connectivity index (χ3v) is 5.41. The van der Waals surface area contributed by atoms with Gasteiger partial charge in [0.15, 0.2) is 5.78 Å². The number of rotatable bonds is 2. The van der Waals surface area contributed by atoms with E-state index in [4.69, 9.17) is 0 Å². The minimum absolute atomic E-state index is 0.157. The number of carbonyl (C=O) groups is 1. The molecule has 3 heterocycles. The zero-order chi connectivity index (χ0) is 18.4. The van der Waals surface area contributed by atoms with Gasteiger partial charge in [-0.1, -0.05) is 35.9 Å². The first-order valence-corrected chi connectivity index (χ1v) is 9.10. The number of nitrogens with zero attached hydrogens (tertiary/aromatic N) is 4. The second-order valence-electron chi connectivity index (χ2n) is 7.17. The lowest BCUT2D eigenvalue weighted by atomic mass is 9.78. The van der Waals surface area contributed by atoms with Crippen LogP contribution in [0.1, 0.15) is 41.5 Å². The molecule has 0 saturated heterocycles. The van der Waals surface area contributed by atoms with E-state index in [1.165, 1.54) is 17.5 Å². The summed E-state index contributed by atoms with van der Waals surface area (Å²) in [6.45, 7) is 2.07. The third kappa shape index (κ3) is 2.65. The number of fused-ring (bicyclic) bond motifs is 1. The molecule has 0 spiro atoms. The van der Waals surface area contributed by atoms with Crippen LogP contribution in [0.3, 0.4) is 0 Å². The van der Waals surface area contributed by atoms with Gasteiger partial charge in [0.05, 0.1) is 0 Å². The lowest BCUT2D eigenvalue weighted by Crippen LogP contribution is -2.33. The van der Waals surface area contributed by atoms with Crippen molar-refractivity contribution in [2.24, 2.45) is 0 Å². The number of pyridine rings is 1. The standard InChI is InChI=1S/C21H19N5O/c1-13-4-6-14(7-5-13)16-9-17-19(18(27)10-16)20(15-3-2-8-22-11-15)26-21(25-17)23-12-24-26/h2-8,11-12,16,20H,9-10H2,1H3,(H,23,24,25)/t16-,20+/m1/s1. The summed E-state index contributed by atoms with van der Waals surface area (Å²) >= 11 is 0. The Kier molecular flexibility index (Phi) is 3.63. The Morgan fingerprint density at radius 3 is 2.74 bits per heavy atom. The first-order valence-electron chi connectivity index (χ1n) is 9.10. The molecule has 3 aromatic rings. The lowest BCUT2D eigenvalue weighted by Gasteiger charge is -2.35. The van der Waals surface area contributed by atoms with E-state index in [0.29, 0.717) is 12.4 Å². The van der Waals surface area contributed by atoms with E-state index < -0.39 is 0 Å². The van der Waals surface area contributed by atoms with Crippen LogP contribution in [0.5, 0.6) is 0 Å². The fourth-order valence-electron chi connectivity index (χ4n) is 4.07. The van der Waals surface area contributed by atoms with Crippen molar-refractivity contribution in [1.82, 2.24) is 19.7 Å². The van der Waals surface area contributed by atoms with Crippen LogP contribution in [0.15, 0.2) is 66.4 Å². The fourth-order valence-corrected chi connectivity index (χ4v) is 4.07. The van der Waals surface area contributed by atoms with Crippen molar-refractivity contribution in [2.45, 2.75) is 31.7 Å². The highest BCUT2D eigenvalue weighted by Gasteiger charge is 2.39. The van der Waals surface area contributed by atoms with Crippen LogP contribution in [0.25, 0.3) is 0 Å². The second-order valence-corrected chi connectivity index (χ2v) is 7.17. The minimum atomic E-state index is -0.279. The minimum Gasteiger partial charge on any atom is -0.328 e. The van der Waals surface area contributed by atoms with E-state index in [1.807, 2.05) is 12.1 Å². The molecule has 6 heteroatoms. The van der Waals surface area contributed by atoms with Crippen LogP contribution in [0, 0.1) is 6.92 Å². The highest BCUT2D eigenvalue weighted by Crippen LogP contribution is 2.43. The highest BCUT2D eigenvalue weighted by molar-refractivity contribution is 6.00. The van der Waals surface area contributed by atoms with Gasteiger partial charge in [-0.2, -0.15) is 10.1 Å². The molecule has 27 heavy (non-hydrogen) atoms. The van der Waals surface area contributed by atoms with Crippen LogP contribution in [0.2, 0.25) is 0 Å². The summed E-state index contributed by atoms with van der Waals surface area (Å²) in [7, 11) is 0. The first-order chi connectivity index (χ1) is 13.2. The average Bonchev–Trinajstić information content (AvgIpc) is 3.15. The first kappa shape index (κ1) is 15.9. The van der Waals surface area contributed by atoms with Crippen molar-refractivity contribution in [3.8, 4) is 0 Å². The molecule has 2 aromatic heterocycles. The van der Waals surface area contributed by atoms with Crippen molar-refractivity contribution in [1.29, 1.82) is 0 Å². The van der Waals surface area contributed by atoms with E-state index in [-0.39, 0.29) is 17.7 Å². The van der Waals surface area contributed by atoms with Gasteiger partial charge in [0.1, 0.15) is 12.4 Å². The molecule has 0 radical (unpaired) electrons. The molecule has 0 fully saturated rings. The average molecular weight is 357 g/mol. The molecule has 1 aromatic carbocycles. The maximum absolute atomic E-state index is 13.2. The molecule has 134 valence electrons. The molecule has 6 nitrogen and oxygen atoms in total. The van der Waals surface area contributed by atoms with Gasteiger partial charge in [0.25, 0.3) is 0 Å². The van der Waals surface area contributed by atoms with E-state index in [2.05, 4.69) is 51.6 Å². The lowest BCUT2D eigenvalue weighted by molar-refractivity contribution is -0.116.